The van der Waals surface area contributed by atoms with Gasteiger partial charge < -0.3 is 0 Å². The molecule has 0 fully saturated rings. The lowest BCUT2D eigenvalue weighted by molar-refractivity contribution is 0.411. The van der Waals surface area contributed by atoms with Gasteiger partial charge in [-0.3, -0.25) is 15.0 Å². The Hall–Kier alpha value is -9.03. The van der Waals surface area contributed by atoms with Crippen molar-refractivity contribution in [3.8, 4) is 90.4 Å². The molecule has 0 radical (unpaired) electrons. The van der Waals surface area contributed by atoms with Crippen LogP contribution in [0.4, 0.5) is 0 Å². The Morgan fingerprint density at radius 2 is 0.947 bits per heavy atom. The van der Waals surface area contributed by atoms with Crippen LogP contribution in [0, 0.1) is 41.9 Å². The highest BCUT2D eigenvalue weighted by Crippen LogP contribution is 2.43. The van der Waals surface area contributed by atoms with Gasteiger partial charge in [0.2, 0.25) is 0 Å². The predicted molar refractivity (Wildman–Crippen MR) is 308 cm³/mol. The molecule has 0 amide bonds. The van der Waals surface area contributed by atoms with Crippen molar-refractivity contribution in [2.24, 2.45) is 5.41 Å². The summed E-state index contributed by atoms with van der Waals surface area (Å²) in [4.78, 5) is 14.0. The first-order chi connectivity index (χ1) is 36.5. The van der Waals surface area contributed by atoms with Gasteiger partial charge in [0.15, 0.2) is 0 Å². The molecule has 3 aromatic heterocycles. The largest absolute Gasteiger partial charge is 0.256 e. The fraction of sp³-hybridized carbons (Fsp3) is 0.157. The maximum absolute atomic E-state index is 11.0. The maximum Gasteiger partial charge on any atom is 0.0998 e. The van der Waals surface area contributed by atoms with Gasteiger partial charge in [-0.05, 0) is 184 Å². The summed E-state index contributed by atoms with van der Waals surface area (Å²) >= 11 is 0. The van der Waals surface area contributed by atoms with Crippen LogP contribution >= 0.6 is 0 Å². The summed E-state index contributed by atoms with van der Waals surface area (Å²) in [5.74, 6) is 0. The van der Waals surface area contributed by atoms with E-state index >= 15 is 0 Å². The van der Waals surface area contributed by atoms with E-state index in [2.05, 4.69) is 202 Å². The predicted octanol–water partition coefficient (Wildman–Crippen LogP) is 17.1. The number of aromatic nitrogens is 3. The summed E-state index contributed by atoms with van der Waals surface area (Å²) in [5.41, 5.74) is 23.9. The van der Waals surface area contributed by atoms with Crippen molar-refractivity contribution in [1.29, 1.82) is 10.5 Å². The van der Waals surface area contributed by atoms with E-state index in [1.165, 1.54) is 27.8 Å². The number of pyridine rings is 3. The molecule has 0 saturated heterocycles. The Morgan fingerprint density at radius 3 is 1.59 bits per heavy atom. The summed E-state index contributed by atoms with van der Waals surface area (Å²) in [6.45, 7) is 10.7. The highest BCUT2D eigenvalue weighted by atomic mass is 14.7. The lowest BCUT2D eigenvalue weighted by atomic mass is 9.84. The monoisotopic (exact) mass is 969 g/mol. The molecule has 0 aliphatic carbocycles. The first-order valence-electron chi connectivity index (χ1n) is 25.9. The molecule has 0 spiro atoms. The molecule has 10 rings (SSSR count). The van der Waals surface area contributed by atoms with Crippen LogP contribution in [0.1, 0.15) is 70.8 Å². The van der Waals surface area contributed by atoms with Crippen molar-refractivity contribution in [1.82, 2.24) is 15.0 Å². The van der Waals surface area contributed by atoms with Gasteiger partial charge in [0.1, 0.15) is 0 Å². The zero-order chi connectivity index (χ0) is 51.9. The van der Waals surface area contributed by atoms with E-state index in [0.29, 0.717) is 11.1 Å². The molecule has 0 saturated carbocycles. The molecule has 3 heterocycles. The molecule has 0 unspecified atom stereocenters. The van der Waals surface area contributed by atoms with Gasteiger partial charge >= 0.3 is 0 Å². The van der Waals surface area contributed by atoms with Crippen LogP contribution in [0.3, 0.4) is 0 Å². The number of benzene rings is 7. The van der Waals surface area contributed by atoms with Gasteiger partial charge in [-0.15, -0.1) is 0 Å². The first-order valence-corrected chi connectivity index (χ1v) is 25.9. The molecule has 364 valence electrons. The van der Waals surface area contributed by atoms with Crippen molar-refractivity contribution in [3.05, 3.63) is 257 Å². The van der Waals surface area contributed by atoms with Crippen LogP contribution in [0.15, 0.2) is 207 Å². The van der Waals surface area contributed by atoms with E-state index in [1.807, 2.05) is 61.1 Å². The van der Waals surface area contributed by atoms with E-state index in [1.54, 1.807) is 0 Å². The van der Waals surface area contributed by atoms with Gasteiger partial charge in [-0.25, -0.2) is 0 Å². The van der Waals surface area contributed by atoms with Crippen LogP contribution in [0.25, 0.3) is 78.3 Å². The average molecular weight is 970 g/mol. The second-order valence-corrected chi connectivity index (χ2v) is 21.0. The number of nitrogens with zero attached hydrogens (tertiary/aromatic N) is 5. The third kappa shape index (κ3) is 11.8. The molecule has 0 atom stereocenters. The molecule has 0 aliphatic rings. The first kappa shape index (κ1) is 49.5. The van der Waals surface area contributed by atoms with Gasteiger partial charge in [-0.2, -0.15) is 10.5 Å². The van der Waals surface area contributed by atoms with Crippen molar-refractivity contribution in [2.75, 3.05) is 0 Å². The molecule has 5 nitrogen and oxygen atoms in total. The molecule has 0 bridgehead atoms. The SMILES string of the molecule is Cc1ccc(-c2ccc(CCc3cc(CCc4ccc(-c5cc(C)ccn5)cc4)cc(-c4ccccc4-c4ccc(-c5ccccn5)cc4-c4ccc(-c5ccc(C#N)c(CC(C)(C)C)c5)cc4C#N)c3)cc2)nc1. The van der Waals surface area contributed by atoms with Gasteiger partial charge in [0.25, 0.3) is 0 Å². The molecule has 5 heteroatoms. The average Bonchev–Trinajstić information content (AvgIpc) is 3.44. The topological polar surface area (TPSA) is 86.2 Å². The third-order valence-corrected chi connectivity index (χ3v) is 14.0. The van der Waals surface area contributed by atoms with Crippen LogP contribution in [-0.4, -0.2) is 15.0 Å². The number of nitriles is 2. The molecule has 75 heavy (non-hydrogen) atoms. The van der Waals surface area contributed by atoms with Crippen molar-refractivity contribution in [3.63, 3.8) is 0 Å². The number of hydrogen-bond donors (Lipinski definition) is 0. The Balaban J connectivity index is 1.04. The third-order valence-electron chi connectivity index (χ3n) is 14.0. The summed E-state index contributed by atoms with van der Waals surface area (Å²) in [7, 11) is 0. The zero-order valence-electron chi connectivity index (χ0n) is 43.4. The van der Waals surface area contributed by atoms with Crippen LogP contribution in [0.5, 0.6) is 0 Å². The summed E-state index contributed by atoms with van der Waals surface area (Å²) in [5, 5.41) is 21.0. The Bertz CT molecular complexity index is 3740. The fourth-order valence-corrected chi connectivity index (χ4v) is 10.1. The van der Waals surface area contributed by atoms with Crippen LogP contribution < -0.4 is 0 Å². The highest BCUT2D eigenvalue weighted by Gasteiger charge is 2.20. The van der Waals surface area contributed by atoms with E-state index in [4.69, 9.17) is 4.98 Å². The quantitative estimate of drug-likeness (QED) is 0.108. The lowest BCUT2D eigenvalue weighted by Crippen LogP contribution is -2.10. The van der Waals surface area contributed by atoms with Crippen molar-refractivity contribution in [2.45, 2.75) is 66.7 Å². The number of aryl methyl sites for hydroxylation is 6. The maximum atomic E-state index is 11.0. The minimum absolute atomic E-state index is 0.00127. The molecule has 0 N–H and O–H groups in total. The van der Waals surface area contributed by atoms with E-state index < -0.39 is 0 Å². The Labute approximate surface area is 442 Å². The molecule has 7 aromatic carbocycles. The standard InChI is InChI=1S/C70H59N5/c1-47-33-35-74-69(36-47)54-24-20-50(21-25-54)15-17-52-37-51(16-14-49-18-22-53(23-19-49)68-32-13-48(2)46-75-68)38-59(39-52)62-10-6-7-11-64(62)65-31-29-57(67-12-8-9-34-73-67)42-66(65)63-30-28-56(41-61(63)45-72)55-26-27-58(44-71)60(40-55)43-70(3,4)5/h6-13,18-42,46H,14-17,43H2,1-5H3. The molecule has 10 aromatic rings. The minimum atomic E-state index is 0.00127. The Morgan fingerprint density at radius 1 is 0.373 bits per heavy atom. The second kappa shape index (κ2) is 22.0. The smallest absolute Gasteiger partial charge is 0.0998 e. The van der Waals surface area contributed by atoms with E-state index in [9.17, 15) is 10.5 Å². The summed E-state index contributed by atoms with van der Waals surface area (Å²) in [6, 6.07) is 71.6. The number of rotatable bonds is 14. The molecular weight excluding hydrogens is 911 g/mol. The fourth-order valence-electron chi connectivity index (χ4n) is 10.1. The second-order valence-electron chi connectivity index (χ2n) is 21.0. The van der Waals surface area contributed by atoms with Crippen LogP contribution in [0.2, 0.25) is 0 Å². The van der Waals surface area contributed by atoms with Gasteiger partial charge in [0, 0.05) is 40.8 Å². The minimum Gasteiger partial charge on any atom is -0.256 e. The van der Waals surface area contributed by atoms with Gasteiger partial charge in [0.05, 0.1) is 40.3 Å². The Kier molecular flexibility index (Phi) is 14.5. The number of hydrogen-bond acceptors (Lipinski definition) is 5. The molecular formula is C70H59N5. The highest BCUT2D eigenvalue weighted by molar-refractivity contribution is 5.95. The van der Waals surface area contributed by atoms with Crippen molar-refractivity contribution >= 4 is 0 Å². The zero-order valence-corrected chi connectivity index (χ0v) is 43.4. The van der Waals surface area contributed by atoms with Crippen LogP contribution in [-0.2, 0) is 32.1 Å². The normalized spacial score (nSPS) is 11.2. The molecule has 0 aliphatic heterocycles. The van der Waals surface area contributed by atoms with E-state index in [-0.39, 0.29) is 5.41 Å². The summed E-state index contributed by atoms with van der Waals surface area (Å²) < 4.78 is 0. The van der Waals surface area contributed by atoms with E-state index in [0.717, 1.165) is 122 Å². The summed E-state index contributed by atoms with van der Waals surface area (Å²) in [6.07, 6.45) is 9.93. The van der Waals surface area contributed by atoms with Gasteiger partial charge in [-0.1, -0.05) is 154 Å². The van der Waals surface area contributed by atoms with Crippen molar-refractivity contribution < 1.29 is 0 Å². The lowest BCUT2D eigenvalue weighted by Gasteiger charge is -2.20.